The van der Waals surface area contributed by atoms with Gasteiger partial charge in [0.05, 0.1) is 21.3 Å². The lowest BCUT2D eigenvalue weighted by molar-refractivity contribution is -0.0221. The smallest absolute Gasteiger partial charge is 0.251 e. The molecule has 8 heteroatoms. The van der Waals surface area contributed by atoms with Crippen LogP contribution in [0.1, 0.15) is 24.4 Å². The lowest BCUT2D eigenvalue weighted by atomic mass is 10.1. The van der Waals surface area contributed by atoms with Crippen LogP contribution in [0.5, 0.6) is 0 Å². The van der Waals surface area contributed by atoms with Gasteiger partial charge in [0.25, 0.3) is 5.92 Å². The predicted octanol–water partition coefficient (Wildman–Crippen LogP) is 3.49. The third-order valence-electron chi connectivity index (χ3n) is 4.18. The number of nitrogens with zero attached hydrogens (tertiary/aromatic N) is 5. The van der Waals surface area contributed by atoms with Crippen molar-refractivity contribution in [1.29, 1.82) is 0 Å². The molecule has 0 bridgehead atoms. The van der Waals surface area contributed by atoms with Crippen LogP contribution in [0, 0.1) is 13.8 Å². The monoisotopic (exact) mass is 335 g/mol. The van der Waals surface area contributed by atoms with E-state index in [2.05, 4.69) is 19.9 Å². The molecule has 0 amide bonds. The zero-order valence-corrected chi connectivity index (χ0v) is 13.6. The molecule has 1 fully saturated rings. The van der Waals surface area contributed by atoms with E-state index in [1.54, 1.807) is 0 Å². The van der Waals surface area contributed by atoms with Gasteiger partial charge < -0.3 is 4.90 Å². The Kier molecular flexibility index (Phi) is 3.19. The van der Waals surface area contributed by atoms with Crippen molar-refractivity contribution < 1.29 is 8.78 Å². The Morgan fingerprint density at radius 2 is 1.87 bits per heavy atom. The molecule has 0 aliphatic carbocycles. The van der Waals surface area contributed by atoms with Gasteiger partial charge in [0.1, 0.15) is 22.8 Å². The van der Waals surface area contributed by atoms with Gasteiger partial charge in [-0.1, -0.05) is 0 Å². The van der Waals surface area contributed by atoms with Gasteiger partial charge in [-0.25, -0.2) is 28.7 Å². The van der Waals surface area contributed by atoms with Crippen LogP contribution in [0.3, 0.4) is 0 Å². The molecule has 0 atom stereocenters. The number of anilines is 1. The number of halogens is 2. The Morgan fingerprint density at radius 3 is 2.61 bits per heavy atom. The average molecular weight is 335 g/mol. The minimum Gasteiger partial charge on any atom is -0.355 e. The predicted molar refractivity (Wildman–Crippen MR) is 86.4 cm³/mol. The van der Waals surface area contributed by atoms with Crippen LogP contribution in [0.4, 0.5) is 14.6 Å². The number of piperidine rings is 1. The van der Waals surface area contributed by atoms with E-state index < -0.39 is 5.92 Å². The summed E-state index contributed by atoms with van der Waals surface area (Å²) in [6.07, 6.45) is 1.22. The molecule has 0 aromatic carbocycles. The summed E-state index contributed by atoms with van der Waals surface area (Å²) in [6, 6.07) is 0. The zero-order chi connectivity index (χ0) is 16.2. The Bertz CT molecular complexity index is 898. The highest BCUT2D eigenvalue weighted by Crippen LogP contribution is 2.39. The topological polar surface area (TPSA) is 54.8 Å². The van der Waals surface area contributed by atoms with Crippen molar-refractivity contribution in [2.24, 2.45) is 0 Å². The first-order valence-corrected chi connectivity index (χ1v) is 8.27. The molecular formula is C15H15F2N5S. The fraction of sp³-hybridized carbons (Fsp3) is 0.467. The Labute approximate surface area is 135 Å². The summed E-state index contributed by atoms with van der Waals surface area (Å²) < 4.78 is 27.7. The molecule has 3 aromatic rings. The maximum absolute atomic E-state index is 13.4. The minimum atomic E-state index is -2.57. The fourth-order valence-corrected chi connectivity index (χ4v) is 4.27. The largest absolute Gasteiger partial charge is 0.355 e. The highest BCUT2D eigenvalue weighted by molar-refractivity contribution is 7.26. The van der Waals surface area contributed by atoms with Gasteiger partial charge >= 0.3 is 0 Å². The van der Waals surface area contributed by atoms with Gasteiger partial charge in [0.2, 0.25) is 0 Å². The fourth-order valence-electron chi connectivity index (χ4n) is 3.03. The number of aryl methyl sites for hydroxylation is 2. The molecule has 0 N–H and O–H groups in total. The maximum Gasteiger partial charge on any atom is 0.251 e. The van der Waals surface area contributed by atoms with E-state index in [0.717, 1.165) is 31.9 Å². The zero-order valence-electron chi connectivity index (χ0n) is 12.8. The van der Waals surface area contributed by atoms with Crippen LogP contribution in [0.15, 0.2) is 6.33 Å². The molecule has 0 spiro atoms. The number of hydrogen-bond donors (Lipinski definition) is 0. The average Bonchev–Trinajstić information content (AvgIpc) is 2.85. The van der Waals surface area contributed by atoms with Crippen LogP contribution in [-0.2, 0) is 0 Å². The van der Waals surface area contributed by atoms with Gasteiger partial charge in [-0.3, -0.25) is 0 Å². The van der Waals surface area contributed by atoms with Crippen molar-refractivity contribution >= 4 is 37.6 Å². The van der Waals surface area contributed by atoms with Gasteiger partial charge in [0, 0.05) is 25.9 Å². The second-order valence-corrected chi connectivity index (χ2v) is 6.86. The number of fused-ring (bicyclic) bond motifs is 3. The first-order chi connectivity index (χ1) is 10.9. The highest BCUT2D eigenvalue weighted by atomic mass is 32.1. The Balaban J connectivity index is 1.87. The van der Waals surface area contributed by atoms with Crippen molar-refractivity contribution in [1.82, 2.24) is 19.9 Å². The van der Waals surface area contributed by atoms with E-state index >= 15 is 0 Å². The SMILES string of the molecule is Cc1nc(C)c2c(n1)sc1c(N3CCC(F)(F)CC3)ncnc12. The van der Waals surface area contributed by atoms with Crippen LogP contribution < -0.4 is 4.90 Å². The van der Waals surface area contributed by atoms with E-state index in [4.69, 9.17) is 0 Å². The molecule has 4 heterocycles. The van der Waals surface area contributed by atoms with Gasteiger partial charge in [-0.15, -0.1) is 11.3 Å². The van der Waals surface area contributed by atoms with E-state index in [0.29, 0.717) is 18.9 Å². The van der Waals surface area contributed by atoms with E-state index in [9.17, 15) is 8.78 Å². The normalized spacial score (nSPS) is 18.0. The molecule has 120 valence electrons. The lowest BCUT2D eigenvalue weighted by Crippen LogP contribution is -2.39. The standard InChI is InChI=1S/C15H15F2N5S/c1-8-10-11-12(23-14(10)21-9(2)20-8)13(19-7-18-11)22-5-3-15(16,17)4-6-22/h7H,3-6H2,1-2H3. The second-order valence-electron chi connectivity index (χ2n) is 5.86. The maximum atomic E-state index is 13.4. The quantitative estimate of drug-likeness (QED) is 0.681. The summed E-state index contributed by atoms with van der Waals surface area (Å²) in [5, 5.41) is 0.932. The van der Waals surface area contributed by atoms with Gasteiger partial charge in [0.15, 0.2) is 0 Å². The molecule has 1 saturated heterocycles. The summed E-state index contributed by atoms with van der Waals surface area (Å²) in [5.74, 6) is -1.12. The van der Waals surface area contributed by atoms with E-state index in [1.165, 1.54) is 17.7 Å². The van der Waals surface area contributed by atoms with Gasteiger partial charge in [-0.2, -0.15) is 0 Å². The first kappa shape index (κ1) is 14.6. The van der Waals surface area contributed by atoms with E-state index in [-0.39, 0.29) is 12.8 Å². The van der Waals surface area contributed by atoms with Crippen LogP contribution in [0.25, 0.3) is 20.4 Å². The summed E-state index contributed by atoms with van der Waals surface area (Å²) >= 11 is 1.50. The molecule has 1 aliphatic heterocycles. The summed E-state index contributed by atoms with van der Waals surface area (Å²) in [6.45, 7) is 4.40. The highest BCUT2D eigenvalue weighted by Gasteiger charge is 2.35. The Morgan fingerprint density at radius 1 is 1.13 bits per heavy atom. The number of aromatic nitrogens is 4. The Hall–Kier alpha value is -1.96. The molecule has 5 nitrogen and oxygen atoms in total. The molecule has 0 unspecified atom stereocenters. The van der Waals surface area contributed by atoms with Crippen LogP contribution >= 0.6 is 11.3 Å². The number of thiophene rings is 1. The molecule has 0 radical (unpaired) electrons. The summed E-state index contributed by atoms with van der Waals surface area (Å²) in [7, 11) is 0. The first-order valence-electron chi connectivity index (χ1n) is 7.46. The summed E-state index contributed by atoms with van der Waals surface area (Å²) in [4.78, 5) is 20.4. The molecule has 23 heavy (non-hydrogen) atoms. The second kappa shape index (κ2) is 5.02. The lowest BCUT2D eigenvalue weighted by Gasteiger charge is -2.32. The molecule has 3 aromatic heterocycles. The van der Waals surface area contributed by atoms with Crippen LogP contribution in [-0.4, -0.2) is 38.9 Å². The van der Waals surface area contributed by atoms with Gasteiger partial charge in [-0.05, 0) is 13.8 Å². The van der Waals surface area contributed by atoms with Crippen molar-refractivity contribution in [2.75, 3.05) is 18.0 Å². The molecular weight excluding hydrogens is 320 g/mol. The molecule has 1 aliphatic rings. The minimum absolute atomic E-state index is 0.138. The van der Waals surface area contributed by atoms with Crippen molar-refractivity contribution in [3.63, 3.8) is 0 Å². The number of hydrogen-bond acceptors (Lipinski definition) is 6. The molecule has 4 rings (SSSR count). The van der Waals surface area contributed by atoms with E-state index in [1.807, 2.05) is 18.7 Å². The van der Waals surface area contributed by atoms with Crippen molar-refractivity contribution in [3.05, 3.63) is 17.8 Å². The van der Waals surface area contributed by atoms with Crippen LogP contribution in [0.2, 0.25) is 0 Å². The number of rotatable bonds is 1. The summed E-state index contributed by atoms with van der Waals surface area (Å²) in [5.41, 5.74) is 1.69. The van der Waals surface area contributed by atoms with Crippen molar-refractivity contribution in [2.45, 2.75) is 32.6 Å². The molecule has 0 saturated carbocycles. The third-order valence-corrected chi connectivity index (χ3v) is 5.25. The van der Waals surface area contributed by atoms with Crippen molar-refractivity contribution in [3.8, 4) is 0 Å². The third kappa shape index (κ3) is 2.41. The number of alkyl halides is 2.